The fourth-order valence-corrected chi connectivity index (χ4v) is 4.57. The molecule has 1 aromatic heterocycles. The number of hydrogen-bond acceptors (Lipinski definition) is 2. The van der Waals surface area contributed by atoms with Gasteiger partial charge in [0.25, 0.3) is 0 Å². The van der Waals surface area contributed by atoms with Gasteiger partial charge in [-0.25, -0.2) is 0 Å². The van der Waals surface area contributed by atoms with Crippen LogP contribution >= 0.6 is 27.3 Å². The Labute approximate surface area is 120 Å². The summed E-state index contributed by atoms with van der Waals surface area (Å²) >= 11 is 5.18. The van der Waals surface area contributed by atoms with Crippen LogP contribution in [0.5, 0.6) is 0 Å². The van der Waals surface area contributed by atoms with Gasteiger partial charge in [-0.2, -0.15) is 11.3 Å². The highest BCUT2D eigenvalue weighted by Crippen LogP contribution is 2.47. The number of hydrogen-bond donors (Lipinski definition) is 1. The van der Waals surface area contributed by atoms with Crippen LogP contribution in [0.2, 0.25) is 0 Å². The Morgan fingerprint density at radius 3 is 2.78 bits per heavy atom. The standard InChI is InChI=1S/C15H15BrOS/c1-10-6-7-15(17,13-8-18-9-14(13)16)12-5-3-2-4-11(10)12/h2-5,8-10,17H,6-7H2,1H3. The summed E-state index contributed by atoms with van der Waals surface area (Å²) in [5.41, 5.74) is 2.53. The van der Waals surface area contributed by atoms with Crippen LogP contribution in [0.4, 0.5) is 0 Å². The Balaban J connectivity index is 2.20. The maximum Gasteiger partial charge on any atom is 0.117 e. The fourth-order valence-electron chi connectivity index (χ4n) is 2.88. The molecule has 0 spiro atoms. The normalized spacial score (nSPS) is 26.9. The molecule has 0 radical (unpaired) electrons. The van der Waals surface area contributed by atoms with E-state index in [-0.39, 0.29) is 0 Å². The summed E-state index contributed by atoms with van der Waals surface area (Å²) in [4.78, 5) is 0. The lowest BCUT2D eigenvalue weighted by molar-refractivity contribution is 0.0577. The van der Waals surface area contributed by atoms with Crippen molar-refractivity contribution < 1.29 is 5.11 Å². The van der Waals surface area contributed by atoms with Crippen molar-refractivity contribution in [1.82, 2.24) is 0 Å². The minimum atomic E-state index is -0.831. The molecule has 1 N–H and O–H groups in total. The quantitative estimate of drug-likeness (QED) is 0.810. The summed E-state index contributed by atoms with van der Waals surface area (Å²) in [5.74, 6) is 0.527. The van der Waals surface area contributed by atoms with E-state index in [0.29, 0.717) is 5.92 Å². The molecule has 2 aromatic rings. The minimum Gasteiger partial charge on any atom is -0.380 e. The molecule has 18 heavy (non-hydrogen) atoms. The smallest absolute Gasteiger partial charge is 0.117 e. The van der Waals surface area contributed by atoms with Crippen molar-refractivity contribution in [3.8, 4) is 0 Å². The zero-order chi connectivity index (χ0) is 12.8. The van der Waals surface area contributed by atoms with Crippen LogP contribution in [0, 0.1) is 0 Å². The molecule has 0 amide bonds. The maximum absolute atomic E-state index is 11.2. The zero-order valence-electron chi connectivity index (χ0n) is 10.2. The van der Waals surface area contributed by atoms with Gasteiger partial charge in [0.05, 0.1) is 0 Å². The summed E-state index contributed by atoms with van der Waals surface area (Å²) in [5, 5.41) is 15.2. The van der Waals surface area contributed by atoms with Gasteiger partial charge < -0.3 is 5.11 Å². The van der Waals surface area contributed by atoms with Crippen molar-refractivity contribution >= 4 is 27.3 Å². The van der Waals surface area contributed by atoms with Crippen molar-refractivity contribution in [3.05, 3.63) is 56.2 Å². The Morgan fingerprint density at radius 2 is 2.06 bits per heavy atom. The number of rotatable bonds is 1. The van der Waals surface area contributed by atoms with Crippen LogP contribution in [0.1, 0.15) is 42.4 Å². The van der Waals surface area contributed by atoms with Gasteiger partial charge in [0.2, 0.25) is 0 Å². The summed E-state index contributed by atoms with van der Waals surface area (Å²) in [6.07, 6.45) is 1.82. The topological polar surface area (TPSA) is 20.2 Å². The molecule has 0 saturated heterocycles. The Kier molecular flexibility index (Phi) is 3.08. The number of benzene rings is 1. The van der Waals surface area contributed by atoms with E-state index in [1.54, 1.807) is 11.3 Å². The third-order valence-corrected chi connectivity index (χ3v) is 5.64. The molecule has 1 aliphatic rings. The van der Waals surface area contributed by atoms with E-state index in [1.165, 1.54) is 5.56 Å². The van der Waals surface area contributed by atoms with Crippen molar-refractivity contribution in [2.24, 2.45) is 0 Å². The molecule has 1 heterocycles. The number of thiophene rings is 1. The van der Waals surface area contributed by atoms with Gasteiger partial charge in [0.1, 0.15) is 5.60 Å². The molecule has 1 aromatic carbocycles. The highest BCUT2D eigenvalue weighted by Gasteiger charge is 2.39. The average molecular weight is 323 g/mol. The number of aliphatic hydroxyl groups is 1. The zero-order valence-corrected chi connectivity index (χ0v) is 12.6. The molecular formula is C15H15BrOS. The second-order valence-electron chi connectivity index (χ2n) is 5.02. The van der Waals surface area contributed by atoms with E-state index in [4.69, 9.17) is 0 Å². The molecule has 1 aliphatic carbocycles. The maximum atomic E-state index is 11.2. The van der Waals surface area contributed by atoms with Gasteiger partial charge in [-0.1, -0.05) is 31.2 Å². The van der Waals surface area contributed by atoms with Crippen molar-refractivity contribution in [2.75, 3.05) is 0 Å². The van der Waals surface area contributed by atoms with Gasteiger partial charge in [-0.3, -0.25) is 0 Å². The average Bonchev–Trinajstić information content (AvgIpc) is 2.82. The summed E-state index contributed by atoms with van der Waals surface area (Å²) < 4.78 is 1.01. The van der Waals surface area contributed by atoms with Crippen molar-refractivity contribution in [1.29, 1.82) is 0 Å². The molecule has 0 aliphatic heterocycles. The van der Waals surface area contributed by atoms with E-state index in [2.05, 4.69) is 46.4 Å². The van der Waals surface area contributed by atoms with Crippen LogP contribution in [-0.2, 0) is 5.60 Å². The SMILES string of the molecule is CC1CCC(O)(c2cscc2Br)c2ccccc21. The lowest BCUT2D eigenvalue weighted by atomic mass is 9.72. The third kappa shape index (κ3) is 1.77. The molecule has 3 rings (SSSR count). The summed E-state index contributed by atoms with van der Waals surface area (Å²) in [6, 6.07) is 8.28. The van der Waals surface area contributed by atoms with Gasteiger partial charge in [-0.05, 0) is 51.2 Å². The highest BCUT2D eigenvalue weighted by molar-refractivity contribution is 9.10. The second-order valence-corrected chi connectivity index (χ2v) is 6.62. The molecule has 1 nitrogen and oxygen atoms in total. The van der Waals surface area contributed by atoms with Gasteiger partial charge in [0.15, 0.2) is 0 Å². The van der Waals surface area contributed by atoms with E-state index < -0.39 is 5.60 Å². The molecule has 94 valence electrons. The number of halogens is 1. The van der Waals surface area contributed by atoms with E-state index in [1.807, 2.05) is 11.4 Å². The first-order valence-corrected chi connectivity index (χ1v) is 7.90. The van der Waals surface area contributed by atoms with Crippen LogP contribution in [0.25, 0.3) is 0 Å². The van der Waals surface area contributed by atoms with E-state index in [0.717, 1.165) is 28.4 Å². The lowest BCUT2D eigenvalue weighted by Crippen LogP contribution is -2.32. The summed E-state index contributed by atoms with van der Waals surface area (Å²) in [6.45, 7) is 2.24. The van der Waals surface area contributed by atoms with Crippen molar-refractivity contribution in [3.63, 3.8) is 0 Å². The largest absolute Gasteiger partial charge is 0.380 e. The van der Waals surface area contributed by atoms with E-state index >= 15 is 0 Å². The fraction of sp³-hybridized carbons (Fsp3) is 0.333. The number of fused-ring (bicyclic) bond motifs is 1. The molecular weight excluding hydrogens is 308 g/mol. The second kappa shape index (κ2) is 4.48. The predicted octanol–water partition coefficient (Wildman–Crippen LogP) is 4.64. The monoisotopic (exact) mass is 322 g/mol. The summed E-state index contributed by atoms with van der Waals surface area (Å²) in [7, 11) is 0. The molecule has 0 saturated carbocycles. The highest BCUT2D eigenvalue weighted by atomic mass is 79.9. The van der Waals surface area contributed by atoms with Gasteiger partial charge in [-0.15, -0.1) is 0 Å². The van der Waals surface area contributed by atoms with Crippen LogP contribution < -0.4 is 0 Å². The Morgan fingerprint density at radius 1 is 1.28 bits per heavy atom. The van der Waals surface area contributed by atoms with Crippen LogP contribution in [-0.4, -0.2) is 5.11 Å². The molecule has 0 fully saturated rings. The van der Waals surface area contributed by atoms with Gasteiger partial charge >= 0.3 is 0 Å². The molecule has 3 heteroatoms. The van der Waals surface area contributed by atoms with Crippen LogP contribution in [0.3, 0.4) is 0 Å². The Hall–Kier alpha value is -0.640. The van der Waals surface area contributed by atoms with E-state index in [9.17, 15) is 5.11 Å². The molecule has 0 bridgehead atoms. The Bertz CT molecular complexity index is 577. The molecule has 2 atom stereocenters. The van der Waals surface area contributed by atoms with Gasteiger partial charge in [0, 0.05) is 15.4 Å². The minimum absolute atomic E-state index is 0.527. The van der Waals surface area contributed by atoms with Crippen LogP contribution in [0.15, 0.2) is 39.5 Å². The third-order valence-electron chi connectivity index (χ3n) is 3.94. The first-order chi connectivity index (χ1) is 8.63. The predicted molar refractivity (Wildman–Crippen MR) is 79.1 cm³/mol. The molecule has 2 unspecified atom stereocenters. The first-order valence-electron chi connectivity index (χ1n) is 6.17. The first kappa shape index (κ1) is 12.4. The lowest BCUT2D eigenvalue weighted by Gasteiger charge is -2.37. The van der Waals surface area contributed by atoms with Crippen molar-refractivity contribution in [2.45, 2.75) is 31.3 Å².